The van der Waals surface area contributed by atoms with E-state index in [0.717, 1.165) is 24.1 Å². The van der Waals surface area contributed by atoms with Crippen LogP contribution in [-0.4, -0.2) is 47.3 Å². The Morgan fingerprint density at radius 2 is 2.09 bits per heavy atom. The molecular formula is C15H15N5O2S. The van der Waals surface area contributed by atoms with Gasteiger partial charge in [0.25, 0.3) is 0 Å². The Morgan fingerprint density at radius 1 is 1.26 bits per heavy atom. The summed E-state index contributed by atoms with van der Waals surface area (Å²) in [6, 6.07) is 9.57. The van der Waals surface area contributed by atoms with Crippen molar-refractivity contribution < 1.29 is 9.21 Å². The molecule has 118 valence electrons. The SMILES string of the molecule is O=C(Nc1nnc(-c2cc3ccccc3o2)s1)N1CCNCC1. The predicted octanol–water partition coefficient (Wildman–Crippen LogP) is 2.39. The Balaban J connectivity index is 1.51. The summed E-state index contributed by atoms with van der Waals surface area (Å²) < 4.78 is 5.77. The number of carbonyl (C=O) groups is 1. The summed E-state index contributed by atoms with van der Waals surface area (Å²) in [6.07, 6.45) is 0. The second kappa shape index (κ2) is 5.98. The fourth-order valence-corrected chi connectivity index (χ4v) is 3.19. The minimum absolute atomic E-state index is 0.140. The maximum atomic E-state index is 12.2. The van der Waals surface area contributed by atoms with Crippen LogP contribution in [0.1, 0.15) is 0 Å². The maximum absolute atomic E-state index is 12.2. The first-order valence-electron chi connectivity index (χ1n) is 7.39. The first-order valence-corrected chi connectivity index (χ1v) is 8.20. The van der Waals surface area contributed by atoms with Crippen molar-refractivity contribution in [1.29, 1.82) is 0 Å². The van der Waals surface area contributed by atoms with Crippen molar-refractivity contribution in [3.8, 4) is 10.8 Å². The third kappa shape index (κ3) is 2.90. The lowest BCUT2D eigenvalue weighted by atomic mass is 10.2. The molecule has 0 saturated carbocycles. The molecule has 4 rings (SSSR count). The highest BCUT2D eigenvalue weighted by Gasteiger charge is 2.18. The zero-order valence-corrected chi connectivity index (χ0v) is 13.1. The first kappa shape index (κ1) is 14.2. The monoisotopic (exact) mass is 329 g/mol. The molecule has 2 N–H and O–H groups in total. The number of hydrogen-bond donors (Lipinski definition) is 2. The van der Waals surface area contributed by atoms with E-state index >= 15 is 0 Å². The number of anilines is 1. The number of hydrogen-bond acceptors (Lipinski definition) is 6. The zero-order chi connectivity index (χ0) is 15.6. The number of benzene rings is 1. The van der Waals surface area contributed by atoms with Gasteiger partial charge in [-0.2, -0.15) is 0 Å². The maximum Gasteiger partial charge on any atom is 0.323 e. The van der Waals surface area contributed by atoms with Crippen LogP contribution in [0.4, 0.5) is 9.93 Å². The summed E-state index contributed by atoms with van der Waals surface area (Å²) >= 11 is 1.30. The minimum atomic E-state index is -0.140. The predicted molar refractivity (Wildman–Crippen MR) is 88.6 cm³/mol. The molecule has 0 radical (unpaired) electrons. The number of furan rings is 1. The molecule has 0 bridgehead atoms. The van der Waals surface area contributed by atoms with Crippen LogP contribution in [0.15, 0.2) is 34.7 Å². The molecule has 23 heavy (non-hydrogen) atoms. The number of fused-ring (bicyclic) bond motifs is 1. The molecule has 3 heterocycles. The Labute approximate surface area is 136 Å². The van der Waals surface area contributed by atoms with Crippen molar-refractivity contribution >= 4 is 33.5 Å². The number of aromatic nitrogens is 2. The first-order chi connectivity index (χ1) is 11.3. The van der Waals surface area contributed by atoms with E-state index in [1.807, 2.05) is 30.3 Å². The number of urea groups is 1. The van der Waals surface area contributed by atoms with Crippen LogP contribution in [-0.2, 0) is 0 Å². The molecule has 1 aliphatic heterocycles. The van der Waals surface area contributed by atoms with Gasteiger partial charge < -0.3 is 14.6 Å². The van der Waals surface area contributed by atoms with Gasteiger partial charge in [-0.15, -0.1) is 10.2 Å². The Hall–Kier alpha value is -2.45. The van der Waals surface area contributed by atoms with Crippen molar-refractivity contribution in [2.75, 3.05) is 31.5 Å². The van der Waals surface area contributed by atoms with E-state index in [9.17, 15) is 4.79 Å². The van der Waals surface area contributed by atoms with E-state index in [4.69, 9.17) is 4.42 Å². The largest absolute Gasteiger partial charge is 0.453 e. The molecule has 1 aliphatic rings. The topological polar surface area (TPSA) is 83.3 Å². The van der Waals surface area contributed by atoms with Crippen molar-refractivity contribution in [2.24, 2.45) is 0 Å². The molecule has 0 aliphatic carbocycles. The number of nitrogens with zero attached hydrogens (tertiary/aromatic N) is 3. The number of amides is 2. The van der Waals surface area contributed by atoms with E-state index < -0.39 is 0 Å². The molecule has 3 aromatic rings. The van der Waals surface area contributed by atoms with Crippen LogP contribution >= 0.6 is 11.3 Å². The van der Waals surface area contributed by atoms with Crippen LogP contribution in [0.5, 0.6) is 0 Å². The molecule has 0 atom stereocenters. The highest BCUT2D eigenvalue weighted by atomic mass is 32.1. The third-order valence-electron chi connectivity index (χ3n) is 3.68. The lowest BCUT2D eigenvalue weighted by Gasteiger charge is -2.26. The molecular weight excluding hydrogens is 314 g/mol. The number of carbonyl (C=O) groups excluding carboxylic acids is 1. The van der Waals surface area contributed by atoms with Gasteiger partial charge in [0.1, 0.15) is 5.58 Å². The third-order valence-corrected chi connectivity index (χ3v) is 4.53. The quantitative estimate of drug-likeness (QED) is 0.754. The average Bonchev–Trinajstić information content (AvgIpc) is 3.21. The molecule has 1 fully saturated rings. The van der Waals surface area contributed by atoms with Gasteiger partial charge >= 0.3 is 6.03 Å². The summed E-state index contributed by atoms with van der Waals surface area (Å²) in [5, 5.41) is 16.3. The molecule has 8 heteroatoms. The van der Waals surface area contributed by atoms with E-state index in [0.29, 0.717) is 29.0 Å². The van der Waals surface area contributed by atoms with E-state index in [2.05, 4.69) is 20.8 Å². The molecule has 7 nitrogen and oxygen atoms in total. The van der Waals surface area contributed by atoms with Gasteiger partial charge in [-0.05, 0) is 12.1 Å². The van der Waals surface area contributed by atoms with Crippen LogP contribution in [0.25, 0.3) is 21.7 Å². The normalized spacial score (nSPS) is 15.0. The highest BCUT2D eigenvalue weighted by Crippen LogP contribution is 2.31. The van der Waals surface area contributed by atoms with Crippen molar-refractivity contribution in [3.63, 3.8) is 0 Å². The minimum Gasteiger partial charge on any atom is -0.453 e. The van der Waals surface area contributed by atoms with Crippen molar-refractivity contribution in [2.45, 2.75) is 0 Å². The van der Waals surface area contributed by atoms with Crippen molar-refractivity contribution in [1.82, 2.24) is 20.4 Å². The van der Waals surface area contributed by atoms with E-state index in [1.54, 1.807) is 4.90 Å². The second-order valence-electron chi connectivity index (χ2n) is 5.23. The van der Waals surface area contributed by atoms with Gasteiger partial charge in [-0.3, -0.25) is 5.32 Å². The standard InChI is InChI=1S/C15H15N5O2S/c21-15(20-7-5-16-6-8-20)17-14-19-18-13(23-14)12-9-10-3-1-2-4-11(10)22-12/h1-4,9,16H,5-8H2,(H,17,19,21). The van der Waals surface area contributed by atoms with Gasteiger partial charge in [0.2, 0.25) is 5.13 Å². The van der Waals surface area contributed by atoms with Gasteiger partial charge in [-0.25, -0.2) is 4.79 Å². The van der Waals surface area contributed by atoms with Crippen LogP contribution in [0.3, 0.4) is 0 Å². The number of nitrogens with one attached hydrogen (secondary N) is 2. The van der Waals surface area contributed by atoms with Crippen LogP contribution < -0.4 is 10.6 Å². The summed E-state index contributed by atoms with van der Waals surface area (Å²) in [5.41, 5.74) is 0.809. The van der Waals surface area contributed by atoms with Crippen LogP contribution in [0, 0.1) is 0 Å². The van der Waals surface area contributed by atoms with Gasteiger partial charge in [0.15, 0.2) is 10.8 Å². The summed E-state index contributed by atoms with van der Waals surface area (Å²) in [5.74, 6) is 0.659. The van der Waals surface area contributed by atoms with E-state index in [-0.39, 0.29) is 6.03 Å². The summed E-state index contributed by atoms with van der Waals surface area (Å²) in [6.45, 7) is 3.02. The second-order valence-corrected chi connectivity index (χ2v) is 6.21. The fraction of sp³-hybridized carbons (Fsp3) is 0.267. The lowest BCUT2D eigenvalue weighted by molar-refractivity contribution is 0.204. The number of piperazine rings is 1. The van der Waals surface area contributed by atoms with Crippen LogP contribution in [0.2, 0.25) is 0 Å². The zero-order valence-electron chi connectivity index (χ0n) is 12.3. The molecule has 0 unspecified atom stereocenters. The number of para-hydroxylation sites is 1. The molecule has 2 amide bonds. The van der Waals surface area contributed by atoms with Gasteiger partial charge in [0, 0.05) is 31.6 Å². The Morgan fingerprint density at radius 3 is 2.91 bits per heavy atom. The van der Waals surface area contributed by atoms with Crippen molar-refractivity contribution in [3.05, 3.63) is 30.3 Å². The fourth-order valence-electron chi connectivity index (χ4n) is 2.50. The van der Waals surface area contributed by atoms with E-state index in [1.165, 1.54) is 11.3 Å². The Bertz CT molecular complexity index is 804. The van der Waals surface area contributed by atoms with Gasteiger partial charge in [-0.1, -0.05) is 29.5 Å². The smallest absolute Gasteiger partial charge is 0.323 e. The lowest BCUT2D eigenvalue weighted by Crippen LogP contribution is -2.48. The molecule has 1 aromatic carbocycles. The number of rotatable bonds is 2. The summed E-state index contributed by atoms with van der Waals surface area (Å²) in [7, 11) is 0. The van der Waals surface area contributed by atoms with Gasteiger partial charge in [0.05, 0.1) is 0 Å². The molecule has 1 saturated heterocycles. The highest BCUT2D eigenvalue weighted by molar-refractivity contribution is 7.18. The molecule has 0 spiro atoms. The Kier molecular flexibility index (Phi) is 3.68. The summed E-state index contributed by atoms with van der Waals surface area (Å²) in [4.78, 5) is 13.9. The molecule has 2 aromatic heterocycles. The average molecular weight is 329 g/mol.